The van der Waals surface area contributed by atoms with Crippen LogP contribution in [0, 0.1) is 5.41 Å². The number of carbonyl (C=O) groups excluding carboxylic acids is 1. The average molecular weight is 212 g/mol. The molecule has 86 valence electrons. The third-order valence-electron chi connectivity index (χ3n) is 3.40. The molecule has 0 N–H and O–H groups in total. The fraction of sp³-hybridized carbons (Fsp3) is 0.909. The van der Waals surface area contributed by atoms with E-state index in [-0.39, 0.29) is 12.1 Å². The standard InChI is InChI=1S/C11H20N2O2/c1-11(2)4-5-12(8-11)10(14)13-6-9(7-13)15-3/h9H,4-8H2,1-3H3. The van der Waals surface area contributed by atoms with E-state index in [4.69, 9.17) is 4.74 Å². The number of amides is 2. The first-order valence-electron chi connectivity index (χ1n) is 5.58. The van der Waals surface area contributed by atoms with E-state index >= 15 is 0 Å². The second-order valence-electron chi connectivity index (χ2n) is 5.38. The first kappa shape index (κ1) is 10.7. The van der Waals surface area contributed by atoms with Crippen LogP contribution in [-0.2, 0) is 4.74 Å². The van der Waals surface area contributed by atoms with Crippen molar-refractivity contribution >= 4 is 6.03 Å². The van der Waals surface area contributed by atoms with E-state index in [1.165, 1.54) is 0 Å². The minimum Gasteiger partial charge on any atom is -0.378 e. The first-order chi connectivity index (χ1) is 7.02. The predicted molar refractivity (Wildman–Crippen MR) is 57.7 cm³/mol. The summed E-state index contributed by atoms with van der Waals surface area (Å²) in [6.07, 6.45) is 1.37. The van der Waals surface area contributed by atoms with Crippen LogP contribution in [0.15, 0.2) is 0 Å². The molecule has 15 heavy (non-hydrogen) atoms. The van der Waals surface area contributed by atoms with Crippen molar-refractivity contribution < 1.29 is 9.53 Å². The Labute approximate surface area is 91.2 Å². The van der Waals surface area contributed by atoms with E-state index in [2.05, 4.69) is 13.8 Å². The normalized spacial score (nSPS) is 25.5. The molecule has 0 aromatic heterocycles. The Morgan fingerprint density at radius 2 is 2.00 bits per heavy atom. The van der Waals surface area contributed by atoms with Gasteiger partial charge in [-0.25, -0.2) is 4.79 Å². The van der Waals surface area contributed by atoms with Gasteiger partial charge in [0.1, 0.15) is 0 Å². The molecule has 0 aromatic rings. The van der Waals surface area contributed by atoms with Crippen molar-refractivity contribution in [2.24, 2.45) is 5.41 Å². The van der Waals surface area contributed by atoms with Crippen molar-refractivity contribution in [3.63, 3.8) is 0 Å². The van der Waals surface area contributed by atoms with Crippen molar-refractivity contribution in [3.8, 4) is 0 Å². The zero-order chi connectivity index (χ0) is 11.1. The van der Waals surface area contributed by atoms with Crippen molar-refractivity contribution in [3.05, 3.63) is 0 Å². The molecule has 0 aromatic carbocycles. The number of hydrogen-bond donors (Lipinski definition) is 0. The molecule has 0 spiro atoms. The molecule has 0 unspecified atom stereocenters. The molecular weight excluding hydrogens is 192 g/mol. The number of urea groups is 1. The number of rotatable bonds is 1. The summed E-state index contributed by atoms with van der Waals surface area (Å²) in [6, 6.07) is 0.189. The summed E-state index contributed by atoms with van der Waals surface area (Å²) in [5.74, 6) is 0. The Morgan fingerprint density at radius 1 is 1.33 bits per heavy atom. The smallest absolute Gasteiger partial charge is 0.320 e. The molecule has 2 aliphatic rings. The minimum absolute atomic E-state index is 0.189. The topological polar surface area (TPSA) is 32.8 Å². The third-order valence-corrected chi connectivity index (χ3v) is 3.40. The molecule has 0 radical (unpaired) electrons. The maximum Gasteiger partial charge on any atom is 0.320 e. The third kappa shape index (κ3) is 2.09. The number of likely N-dealkylation sites (tertiary alicyclic amines) is 2. The van der Waals surface area contributed by atoms with E-state index in [1.54, 1.807) is 7.11 Å². The van der Waals surface area contributed by atoms with Gasteiger partial charge in [-0.1, -0.05) is 13.8 Å². The monoisotopic (exact) mass is 212 g/mol. The van der Waals surface area contributed by atoms with Gasteiger partial charge in [-0.2, -0.15) is 0 Å². The molecule has 2 saturated heterocycles. The molecule has 2 amide bonds. The van der Waals surface area contributed by atoms with Crippen LogP contribution in [0.25, 0.3) is 0 Å². The number of ether oxygens (including phenoxy) is 1. The molecule has 2 rings (SSSR count). The van der Waals surface area contributed by atoms with Gasteiger partial charge in [0.25, 0.3) is 0 Å². The Morgan fingerprint density at radius 3 is 2.47 bits per heavy atom. The summed E-state index contributed by atoms with van der Waals surface area (Å²) >= 11 is 0. The van der Waals surface area contributed by atoms with Crippen molar-refractivity contribution in [2.45, 2.75) is 26.4 Å². The molecule has 2 fully saturated rings. The quantitative estimate of drug-likeness (QED) is 0.653. The lowest BCUT2D eigenvalue weighted by atomic mass is 9.93. The Balaban J connectivity index is 1.83. The second kappa shape index (κ2) is 3.67. The highest BCUT2D eigenvalue weighted by molar-refractivity contribution is 5.75. The molecule has 2 aliphatic heterocycles. The lowest BCUT2D eigenvalue weighted by Gasteiger charge is -2.40. The van der Waals surface area contributed by atoms with Gasteiger partial charge in [0.05, 0.1) is 19.2 Å². The van der Waals surface area contributed by atoms with Crippen LogP contribution < -0.4 is 0 Å². The maximum atomic E-state index is 12.0. The van der Waals surface area contributed by atoms with Gasteiger partial charge in [0, 0.05) is 20.2 Å². The van der Waals surface area contributed by atoms with Crippen LogP contribution in [0.4, 0.5) is 4.79 Å². The number of methoxy groups -OCH3 is 1. The molecule has 0 atom stereocenters. The second-order valence-corrected chi connectivity index (χ2v) is 5.38. The van der Waals surface area contributed by atoms with Crippen molar-refractivity contribution in [1.29, 1.82) is 0 Å². The zero-order valence-electron chi connectivity index (χ0n) is 9.82. The summed E-state index contributed by atoms with van der Waals surface area (Å²) in [5, 5.41) is 0. The van der Waals surface area contributed by atoms with Gasteiger partial charge >= 0.3 is 6.03 Å². The summed E-state index contributed by atoms with van der Waals surface area (Å²) in [7, 11) is 1.70. The lowest BCUT2D eigenvalue weighted by Crippen LogP contribution is -2.58. The summed E-state index contributed by atoms with van der Waals surface area (Å²) < 4.78 is 5.16. The van der Waals surface area contributed by atoms with Crippen LogP contribution >= 0.6 is 0 Å². The summed E-state index contributed by atoms with van der Waals surface area (Å²) in [6.45, 7) is 7.74. The van der Waals surface area contributed by atoms with Gasteiger partial charge in [-0.3, -0.25) is 0 Å². The van der Waals surface area contributed by atoms with Gasteiger partial charge < -0.3 is 14.5 Å². The van der Waals surface area contributed by atoms with Crippen molar-refractivity contribution in [1.82, 2.24) is 9.80 Å². The fourth-order valence-electron chi connectivity index (χ4n) is 2.22. The first-order valence-corrected chi connectivity index (χ1v) is 5.58. The zero-order valence-corrected chi connectivity index (χ0v) is 9.82. The van der Waals surface area contributed by atoms with Crippen LogP contribution in [0.2, 0.25) is 0 Å². The Kier molecular flexibility index (Phi) is 2.63. The highest BCUT2D eigenvalue weighted by Gasteiger charge is 2.38. The largest absolute Gasteiger partial charge is 0.378 e. The molecule has 0 bridgehead atoms. The van der Waals surface area contributed by atoms with Gasteiger partial charge in [0.15, 0.2) is 0 Å². The minimum atomic E-state index is 0.189. The van der Waals surface area contributed by atoms with Crippen LogP contribution in [0.5, 0.6) is 0 Å². The summed E-state index contributed by atoms with van der Waals surface area (Å²) in [5.41, 5.74) is 0.293. The van der Waals surface area contributed by atoms with E-state index < -0.39 is 0 Å². The Hall–Kier alpha value is -0.770. The van der Waals surface area contributed by atoms with E-state index in [0.717, 1.165) is 32.6 Å². The van der Waals surface area contributed by atoms with Gasteiger partial charge in [-0.15, -0.1) is 0 Å². The molecule has 4 nitrogen and oxygen atoms in total. The molecule has 0 saturated carbocycles. The number of hydrogen-bond acceptors (Lipinski definition) is 2. The molecule has 0 aliphatic carbocycles. The highest BCUT2D eigenvalue weighted by atomic mass is 16.5. The predicted octanol–water partition coefficient (Wildman–Crippen LogP) is 1.17. The number of carbonyl (C=O) groups is 1. The molecule has 2 heterocycles. The van der Waals surface area contributed by atoms with E-state index in [0.29, 0.717) is 5.41 Å². The van der Waals surface area contributed by atoms with Crippen LogP contribution in [-0.4, -0.2) is 55.2 Å². The van der Waals surface area contributed by atoms with Crippen molar-refractivity contribution in [2.75, 3.05) is 33.3 Å². The van der Waals surface area contributed by atoms with E-state index in [9.17, 15) is 4.79 Å². The maximum absolute atomic E-state index is 12.0. The average Bonchev–Trinajstić information content (AvgIpc) is 2.44. The fourth-order valence-corrected chi connectivity index (χ4v) is 2.22. The van der Waals surface area contributed by atoms with Crippen LogP contribution in [0.1, 0.15) is 20.3 Å². The summed E-state index contributed by atoms with van der Waals surface area (Å²) in [4.78, 5) is 15.8. The molecule has 4 heteroatoms. The number of nitrogens with zero attached hydrogens (tertiary/aromatic N) is 2. The van der Waals surface area contributed by atoms with Gasteiger partial charge in [0.2, 0.25) is 0 Å². The molecular formula is C11H20N2O2. The van der Waals surface area contributed by atoms with E-state index in [1.807, 2.05) is 9.80 Å². The lowest BCUT2D eigenvalue weighted by molar-refractivity contribution is -0.0147. The van der Waals surface area contributed by atoms with Crippen LogP contribution in [0.3, 0.4) is 0 Å². The Bertz CT molecular complexity index is 259. The highest BCUT2D eigenvalue weighted by Crippen LogP contribution is 2.30. The SMILES string of the molecule is COC1CN(C(=O)N2CCC(C)(C)C2)C1. The van der Waals surface area contributed by atoms with Gasteiger partial charge in [-0.05, 0) is 11.8 Å².